The maximum absolute atomic E-state index is 13.0. The Labute approximate surface area is 119 Å². The van der Waals surface area contributed by atoms with Gasteiger partial charge in [0.25, 0.3) is 5.69 Å². The molecule has 0 amide bonds. The molecular weight excluding hydrogens is 279 g/mol. The second kappa shape index (κ2) is 6.08. The second-order valence-electron chi connectivity index (χ2n) is 4.28. The van der Waals surface area contributed by atoms with Crippen LogP contribution in [0.4, 0.5) is 15.8 Å². The normalized spacial score (nSPS) is 10.2. The summed E-state index contributed by atoms with van der Waals surface area (Å²) in [5, 5.41) is 23.2. The lowest BCUT2D eigenvalue weighted by molar-refractivity contribution is -0.384. The molecule has 0 unspecified atom stereocenters. The van der Waals surface area contributed by atoms with E-state index in [0.717, 1.165) is 17.7 Å². The van der Waals surface area contributed by atoms with Crippen molar-refractivity contribution in [2.24, 2.45) is 0 Å². The van der Waals surface area contributed by atoms with Gasteiger partial charge in [0, 0.05) is 6.54 Å². The molecule has 2 N–H and O–H groups in total. The summed E-state index contributed by atoms with van der Waals surface area (Å²) < 4.78 is 18.0. The highest BCUT2D eigenvalue weighted by molar-refractivity contribution is 5.61. The molecule has 0 saturated carbocycles. The van der Waals surface area contributed by atoms with Crippen LogP contribution in [0.1, 0.15) is 5.56 Å². The molecule has 7 heteroatoms. The number of aromatic hydroxyl groups is 1. The zero-order valence-corrected chi connectivity index (χ0v) is 11.2. The lowest BCUT2D eigenvalue weighted by Crippen LogP contribution is -2.03. The predicted molar refractivity (Wildman–Crippen MR) is 75.0 cm³/mol. The number of ether oxygens (including phenoxy) is 1. The van der Waals surface area contributed by atoms with Gasteiger partial charge in [-0.15, -0.1) is 0 Å². The molecule has 110 valence electrons. The van der Waals surface area contributed by atoms with Crippen molar-refractivity contribution in [1.82, 2.24) is 0 Å². The predicted octanol–water partition coefficient (Wildman–Crippen LogP) is 3.06. The molecule has 0 bridgehead atoms. The first kappa shape index (κ1) is 14.6. The van der Waals surface area contributed by atoms with E-state index in [4.69, 9.17) is 4.74 Å². The fourth-order valence-corrected chi connectivity index (χ4v) is 1.83. The summed E-state index contributed by atoms with van der Waals surface area (Å²) >= 11 is 0. The molecule has 0 aliphatic carbocycles. The summed E-state index contributed by atoms with van der Waals surface area (Å²) in [4.78, 5) is 10.2. The van der Waals surface area contributed by atoms with Crippen molar-refractivity contribution in [3.8, 4) is 11.5 Å². The molecule has 21 heavy (non-hydrogen) atoms. The van der Waals surface area contributed by atoms with Gasteiger partial charge in [0.2, 0.25) is 0 Å². The Hall–Kier alpha value is -2.83. The van der Waals surface area contributed by atoms with E-state index in [-0.39, 0.29) is 23.7 Å². The number of methoxy groups -OCH3 is 1. The summed E-state index contributed by atoms with van der Waals surface area (Å²) in [6.07, 6.45) is 0. The van der Waals surface area contributed by atoms with Crippen molar-refractivity contribution in [3.63, 3.8) is 0 Å². The first-order valence-electron chi connectivity index (χ1n) is 6.05. The van der Waals surface area contributed by atoms with Crippen LogP contribution in [-0.4, -0.2) is 17.1 Å². The molecule has 0 radical (unpaired) electrons. The Bertz CT molecular complexity index is 676. The Morgan fingerprint density at radius 3 is 2.76 bits per heavy atom. The van der Waals surface area contributed by atoms with Crippen molar-refractivity contribution < 1.29 is 19.2 Å². The number of phenols is 1. The number of benzene rings is 2. The lowest BCUT2D eigenvalue weighted by Gasteiger charge is -2.09. The summed E-state index contributed by atoms with van der Waals surface area (Å²) in [5.74, 6) is -0.351. The highest BCUT2D eigenvalue weighted by Crippen LogP contribution is 2.28. The topological polar surface area (TPSA) is 84.6 Å². The second-order valence-corrected chi connectivity index (χ2v) is 4.28. The van der Waals surface area contributed by atoms with Crippen LogP contribution in [0.3, 0.4) is 0 Å². The quantitative estimate of drug-likeness (QED) is 0.653. The van der Waals surface area contributed by atoms with Crippen LogP contribution in [0.2, 0.25) is 0 Å². The number of nitro benzene ring substituents is 1. The van der Waals surface area contributed by atoms with Gasteiger partial charge >= 0.3 is 0 Å². The van der Waals surface area contributed by atoms with E-state index >= 15 is 0 Å². The summed E-state index contributed by atoms with van der Waals surface area (Å²) in [5.41, 5.74) is 0.637. The van der Waals surface area contributed by atoms with Crippen molar-refractivity contribution in [3.05, 3.63) is 57.9 Å². The van der Waals surface area contributed by atoms with Crippen LogP contribution < -0.4 is 10.1 Å². The minimum atomic E-state index is -0.668. The summed E-state index contributed by atoms with van der Waals surface area (Å²) in [7, 11) is 1.43. The number of anilines is 1. The molecule has 2 rings (SSSR count). The number of phenolic OH excluding ortho intramolecular Hbond substituents is 1. The van der Waals surface area contributed by atoms with Crippen LogP contribution in [0.5, 0.6) is 11.5 Å². The minimum Gasteiger partial charge on any atom is -0.504 e. The Kier molecular flexibility index (Phi) is 4.22. The molecule has 0 saturated heterocycles. The number of nitrogens with zero attached hydrogens (tertiary/aromatic N) is 1. The number of nitro groups is 1. The standard InChI is InChI=1S/C14H13FN2O4/c1-21-14-6-9(2-5-13(14)18)8-16-11-4-3-10(15)7-12(11)17(19)20/h2-7,16,18H,8H2,1H3. The number of hydrogen-bond acceptors (Lipinski definition) is 5. The first-order valence-corrected chi connectivity index (χ1v) is 6.05. The molecule has 0 aromatic heterocycles. The van der Waals surface area contributed by atoms with E-state index in [0.29, 0.717) is 5.75 Å². The van der Waals surface area contributed by atoms with Gasteiger partial charge in [-0.3, -0.25) is 10.1 Å². The molecule has 0 aliphatic heterocycles. The van der Waals surface area contributed by atoms with E-state index in [2.05, 4.69) is 5.32 Å². The number of hydrogen-bond donors (Lipinski definition) is 2. The fraction of sp³-hybridized carbons (Fsp3) is 0.143. The molecule has 0 heterocycles. The number of nitrogens with one attached hydrogen (secondary N) is 1. The molecule has 6 nitrogen and oxygen atoms in total. The molecule has 0 spiro atoms. The molecule has 2 aromatic carbocycles. The van der Waals surface area contributed by atoms with Gasteiger partial charge in [-0.2, -0.15) is 0 Å². The number of rotatable bonds is 5. The smallest absolute Gasteiger partial charge is 0.295 e. The Balaban J connectivity index is 2.18. The first-order chi connectivity index (χ1) is 10.0. The maximum atomic E-state index is 13.0. The Morgan fingerprint density at radius 2 is 2.10 bits per heavy atom. The summed E-state index contributed by atoms with van der Waals surface area (Å²) in [6, 6.07) is 8.05. The van der Waals surface area contributed by atoms with Crippen LogP contribution in [0, 0.1) is 15.9 Å². The molecular formula is C14H13FN2O4. The minimum absolute atomic E-state index is 0.00835. The monoisotopic (exact) mass is 292 g/mol. The van der Waals surface area contributed by atoms with E-state index in [1.165, 1.54) is 19.2 Å². The number of halogens is 1. The average Bonchev–Trinajstić information content (AvgIpc) is 2.47. The van der Waals surface area contributed by atoms with Crippen LogP contribution in [0.15, 0.2) is 36.4 Å². The lowest BCUT2D eigenvalue weighted by atomic mass is 10.2. The van der Waals surface area contributed by atoms with E-state index in [9.17, 15) is 19.6 Å². The van der Waals surface area contributed by atoms with Crippen LogP contribution in [0.25, 0.3) is 0 Å². The van der Waals surface area contributed by atoms with Crippen LogP contribution in [-0.2, 0) is 6.54 Å². The molecule has 0 atom stereocenters. The SMILES string of the molecule is COc1cc(CNc2ccc(F)cc2[N+](=O)[O-])ccc1O. The highest BCUT2D eigenvalue weighted by atomic mass is 19.1. The maximum Gasteiger partial charge on any atom is 0.295 e. The third-order valence-corrected chi connectivity index (χ3v) is 2.88. The van der Waals surface area contributed by atoms with Crippen molar-refractivity contribution in [2.75, 3.05) is 12.4 Å². The Morgan fingerprint density at radius 1 is 1.33 bits per heavy atom. The van der Waals surface area contributed by atoms with Gasteiger partial charge in [-0.25, -0.2) is 4.39 Å². The highest BCUT2D eigenvalue weighted by Gasteiger charge is 2.14. The zero-order valence-electron chi connectivity index (χ0n) is 11.2. The average molecular weight is 292 g/mol. The molecule has 0 fully saturated rings. The zero-order chi connectivity index (χ0) is 15.4. The van der Waals surface area contributed by atoms with E-state index in [1.807, 2.05) is 0 Å². The third-order valence-electron chi connectivity index (χ3n) is 2.88. The molecule has 0 aliphatic rings. The van der Waals surface area contributed by atoms with Gasteiger partial charge in [-0.05, 0) is 29.8 Å². The van der Waals surface area contributed by atoms with Gasteiger partial charge in [0.15, 0.2) is 11.5 Å². The van der Waals surface area contributed by atoms with Gasteiger partial charge in [-0.1, -0.05) is 6.07 Å². The fourth-order valence-electron chi connectivity index (χ4n) is 1.83. The van der Waals surface area contributed by atoms with Crippen LogP contribution >= 0.6 is 0 Å². The van der Waals surface area contributed by atoms with Gasteiger partial charge in [0.05, 0.1) is 18.1 Å². The largest absolute Gasteiger partial charge is 0.504 e. The van der Waals surface area contributed by atoms with E-state index in [1.54, 1.807) is 12.1 Å². The van der Waals surface area contributed by atoms with Gasteiger partial charge < -0.3 is 15.2 Å². The van der Waals surface area contributed by atoms with E-state index < -0.39 is 10.7 Å². The third kappa shape index (κ3) is 3.38. The molecule has 2 aromatic rings. The van der Waals surface area contributed by atoms with Crippen molar-refractivity contribution >= 4 is 11.4 Å². The van der Waals surface area contributed by atoms with Crippen molar-refractivity contribution in [1.29, 1.82) is 0 Å². The van der Waals surface area contributed by atoms with Crippen molar-refractivity contribution in [2.45, 2.75) is 6.54 Å². The summed E-state index contributed by atoms with van der Waals surface area (Å²) in [6.45, 7) is 0.267. The van der Waals surface area contributed by atoms with Gasteiger partial charge in [0.1, 0.15) is 11.5 Å².